The van der Waals surface area contributed by atoms with Gasteiger partial charge in [0.05, 0.1) is 4.92 Å². The summed E-state index contributed by atoms with van der Waals surface area (Å²) in [5.41, 5.74) is 2.27. The van der Waals surface area contributed by atoms with Crippen molar-refractivity contribution in [1.29, 1.82) is 0 Å². The molecule has 0 bridgehead atoms. The van der Waals surface area contributed by atoms with Gasteiger partial charge >= 0.3 is 0 Å². The van der Waals surface area contributed by atoms with Crippen LogP contribution in [-0.4, -0.2) is 10.8 Å². The van der Waals surface area contributed by atoms with Crippen LogP contribution in [0.1, 0.15) is 21.5 Å². The molecule has 0 aromatic heterocycles. The first-order valence-electron chi connectivity index (χ1n) is 6.21. The minimum atomic E-state index is -0.463. The molecule has 0 saturated carbocycles. The Kier molecular flexibility index (Phi) is 4.37. The predicted molar refractivity (Wildman–Crippen MR) is 84.7 cm³/mol. The van der Waals surface area contributed by atoms with E-state index in [1.807, 2.05) is 13.0 Å². The van der Waals surface area contributed by atoms with Gasteiger partial charge in [0.25, 0.3) is 11.6 Å². The van der Waals surface area contributed by atoms with Crippen molar-refractivity contribution in [3.05, 3.63) is 67.7 Å². The molecule has 6 heteroatoms. The van der Waals surface area contributed by atoms with E-state index in [2.05, 4.69) is 21.2 Å². The van der Waals surface area contributed by atoms with E-state index in [9.17, 15) is 14.9 Å². The summed E-state index contributed by atoms with van der Waals surface area (Å²) < 4.78 is 0.838. The number of hydrogen-bond acceptors (Lipinski definition) is 3. The maximum Gasteiger partial charge on any atom is 0.274 e. The first-order valence-corrected chi connectivity index (χ1v) is 7.01. The van der Waals surface area contributed by atoms with Crippen molar-refractivity contribution in [2.45, 2.75) is 13.8 Å². The molecular formula is C15H13BrN2O3. The Morgan fingerprint density at radius 1 is 1.24 bits per heavy atom. The van der Waals surface area contributed by atoms with E-state index in [1.165, 1.54) is 6.07 Å². The average molecular weight is 349 g/mol. The fraction of sp³-hybridized carbons (Fsp3) is 0.133. The Morgan fingerprint density at radius 2 is 1.95 bits per heavy atom. The van der Waals surface area contributed by atoms with Gasteiger partial charge in [-0.1, -0.05) is 28.1 Å². The SMILES string of the molecule is Cc1ccc(NC(=O)c2cccc(Br)c2C)cc1[N+](=O)[O-]. The Morgan fingerprint density at radius 3 is 2.62 bits per heavy atom. The standard InChI is InChI=1S/C15H13BrN2O3/c1-9-6-7-11(8-14(9)18(20)21)17-15(19)12-4-3-5-13(16)10(12)2/h3-8H,1-2H3,(H,17,19). The number of amides is 1. The van der Waals surface area contributed by atoms with Crippen LogP contribution in [0.5, 0.6) is 0 Å². The first kappa shape index (κ1) is 15.2. The predicted octanol–water partition coefficient (Wildman–Crippen LogP) is 4.23. The van der Waals surface area contributed by atoms with Crippen molar-refractivity contribution in [3.8, 4) is 0 Å². The molecule has 0 aliphatic heterocycles. The molecule has 0 aliphatic carbocycles. The fourth-order valence-corrected chi connectivity index (χ4v) is 2.30. The summed E-state index contributed by atoms with van der Waals surface area (Å²) >= 11 is 3.37. The summed E-state index contributed by atoms with van der Waals surface area (Å²) in [6.07, 6.45) is 0. The highest BCUT2D eigenvalue weighted by atomic mass is 79.9. The lowest BCUT2D eigenvalue weighted by Gasteiger charge is -2.09. The number of halogens is 1. The van der Waals surface area contributed by atoms with Crippen LogP contribution < -0.4 is 5.32 Å². The molecule has 2 aromatic rings. The fourth-order valence-electron chi connectivity index (χ4n) is 1.94. The zero-order chi connectivity index (χ0) is 15.6. The van der Waals surface area contributed by atoms with E-state index >= 15 is 0 Å². The molecule has 108 valence electrons. The molecule has 0 spiro atoms. The Labute approximate surface area is 130 Å². The van der Waals surface area contributed by atoms with Gasteiger partial charge in [-0.2, -0.15) is 0 Å². The van der Waals surface area contributed by atoms with Crippen LogP contribution in [0.4, 0.5) is 11.4 Å². The normalized spacial score (nSPS) is 10.2. The minimum Gasteiger partial charge on any atom is -0.322 e. The van der Waals surface area contributed by atoms with E-state index in [-0.39, 0.29) is 11.6 Å². The average Bonchev–Trinajstić information content (AvgIpc) is 2.43. The number of carbonyl (C=O) groups excluding carboxylic acids is 1. The second-order valence-electron chi connectivity index (χ2n) is 4.62. The van der Waals surface area contributed by atoms with Gasteiger partial charge in [-0.3, -0.25) is 14.9 Å². The van der Waals surface area contributed by atoms with Gasteiger partial charge in [0.1, 0.15) is 0 Å². The molecule has 0 fully saturated rings. The number of nitrogens with one attached hydrogen (secondary N) is 1. The summed E-state index contributed by atoms with van der Waals surface area (Å²) in [5, 5.41) is 13.6. The third-order valence-corrected chi connectivity index (χ3v) is 4.04. The van der Waals surface area contributed by atoms with E-state index in [1.54, 1.807) is 31.2 Å². The number of anilines is 1. The number of benzene rings is 2. The molecule has 0 radical (unpaired) electrons. The lowest BCUT2D eigenvalue weighted by Crippen LogP contribution is -2.13. The van der Waals surface area contributed by atoms with E-state index < -0.39 is 4.92 Å². The minimum absolute atomic E-state index is 0.0150. The number of nitro benzene ring substituents is 1. The number of carbonyl (C=O) groups is 1. The van der Waals surface area contributed by atoms with Crippen LogP contribution in [-0.2, 0) is 0 Å². The zero-order valence-electron chi connectivity index (χ0n) is 11.5. The number of nitro groups is 1. The van der Waals surface area contributed by atoms with Crippen molar-refractivity contribution >= 4 is 33.2 Å². The van der Waals surface area contributed by atoms with Crippen LogP contribution >= 0.6 is 15.9 Å². The molecule has 1 amide bonds. The zero-order valence-corrected chi connectivity index (χ0v) is 13.1. The quantitative estimate of drug-likeness (QED) is 0.666. The monoisotopic (exact) mass is 348 g/mol. The molecule has 5 nitrogen and oxygen atoms in total. The third kappa shape index (κ3) is 3.28. The van der Waals surface area contributed by atoms with Crippen LogP contribution in [0.3, 0.4) is 0 Å². The Hall–Kier alpha value is -2.21. The van der Waals surface area contributed by atoms with Gasteiger partial charge in [0, 0.05) is 27.4 Å². The lowest BCUT2D eigenvalue weighted by atomic mass is 10.1. The van der Waals surface area contributed by atoms with E-state index in [4.69, 9.17) is 0 Å². The molecule has 2 aromatic carbocycles. The number of hydrogen-bond donors (Lipinski definition) is 1. The van der Waals surface area contributed by atoms with Crippen LogP contribution in [0.2, 0.25) is 0 Å². The second-order valence-corrected chi connectivity index (χ2v) is 5.48. The third-order valence-electron chi connectivity index (χ3n) is 3.18. The van der Waals surface area contributed by atoms with Gasteiger partial charge in [-0.05, 0) is 37.6 Å². The van der Waals surface area contributed by atoms with E-state index in [0.29, 0.717) is 16.8 Å². The van der Waals surface area contributed by atoms with Crippen molar-refractivity contribution in [1.82, 2.24) is 0 Å². The number of nitrogens with zero attached hydrogens (tertiary/aromatic N) is 1. The Bertz CT molecular complexity index is 729. The summed E-state index contributed by atoms with van der Waals surface area (Å²) in [6, 6.07) is 9.94. The summed E-state index contributed by atoms with van der Waals surface area (Å²) in [4.78, 5) is 22.7. The van der Waals surface area contributed by atoms with Crippen molar-refractivity contribution in [2.24, 2.45) is 0 Å². The van der Waals surface area contributed by atoms with Gasteiger partial charge in [-0.25, -0.2) is 0 Å². The summed E-state index contributed by atoms with van der Waals surface area (Å²) in [6.45, 7) is 3.48. The summed E-state index contributed by atoms with van der Waals surface area (Å²) in [7, 11) is 0. The maximum atomic E-state index is 12.3. The van der Waals surface area contributed by atoms with Crippen LogP contribution in [0.25, 0.3) is 0 Å². The topological polar surface area (TPSA) is 72.2 Å². The Balaban J connectivity index is 2.30. The molecule has 0 saturated heterocycles. The first-order chi connectivity index (χ1) is 9.90. The molecule has 0 atom stereocenters. The smallest absolute Gasteiger partial charge is 0.274 e. The van der Waals surface area contributed by atoms with Crippen molar-refractivity contribution in [2.75, 3.05) is 5.32 Å². The van der Waals surface area contributed by atoms with Gasteiger partial charge in [0.2, 0.25) is 0 Å². The second kappa shape index (κ2) is 6.05. The van der Waals surface area contributed by atoms with Crippen molar-refractivity contribution < 1.29 is 9.72 Å². The van der Waals surface area contributed by atoms with Gasteiger partial charge in [0.15, 0.2) is 0 Å². The molecule has 1 N–H and O–H groups in total. The van der Waals surface area contributed by atoms with Crippen LogP contribution in [0, 0.1) is 24.0 Å². The molecule has 21 heavy (non-hydrogen) atoms. The lowest BCUT2D eigenvalue weighted by molar-refractivity contribution is -0.385. The molecular weight excluding hydrogens is 336 g/mol. The number of aryl methyl sites for hydroxylation is 1. The van der Waals surface area contributed by atoms with Gasteiger partial charge < -0.3 is 5.32 Å². The molecule has 2 rings (SSSR count). The maximum absolute atomic E-state index is 12.3. The summed E-state index contributed by atoms with van der Waals surface area (Å²) in [5.74, 6) is -0.299. The highest BCUT2D eigenvalue weighted by Gasteiger charge is 2.14. The largest absolute Gasteiger partial charge is 0.322 e. The van der Waals surface area contributed by atoms with Crippen molar-refractivity contribution in [3.63, 3.8) is 0 Å². The molecule has 0 aliphatic rings. The highest BCUT2D eigenvalue weighted by Crippen LogP contribution is 2.24. The molecule has 0 heterocycles. The van der Waals surface area contributed by atoms with Gasteiger partial charge in [-0.15, -0.1) is 0 Å². The van der Waals surface area contributed by atoms with E-state index in [0.717, 1.165) is 10.0 Å². The number of rotatable bonds is 3. The molecule has 0 unspecified atom stereocenters. The van der Waals surface area contributed by atoms with Crippen LogP contribution in [0.15, 0.2) is 40.9 Å². The highest BCUT2D eigenvalue weighted by molar-refractivity contribution is 9.10.